The number of amides is 1. The van der Waals surface area contributed by atoms with E-state index in [4.69, 9.17) is 0 Å². The average Bonchev–Trinajstić information content (AvgIpc) is 3.07. The van der Waals surface area contributed by atoms with Crippen LogP contribution in [0, 0.1) is 0 Å². The molecule has 1 aliphatic heterocycles. The van der Waals surface area contributed by atoms with E-state index < -0.39 is 6.23 Å². The van der Waals surface area contributed by atoms with Crippen molar-refractivity contribution >= 4 is 28.6 Å². The number of aliphatic hydroxyl groups is 1. The molecule has 0 saturated carbocycles. The molecular formula is C24H23N3O2. The van der Waals surface area contributed by atoms with Crippen molar-refractivity contribution in [3.8, 4) is 0 Å². The molecule has 3 aromatic carbocycles. The lowest BCUT2D eigenvalue weighted by atomic mass is 9.99. The van der Waals surface area contributed by atoms with E-state index in [1.165, 1.54) is 6.92 Å². The quantitative estimate of drug-likeness (QED) is 0.535. The number of para-hydroxylation sites is 1. The first-order chi connectivity index (χ1) is 14.1. The minimum Gasteiger partial charge on any atom is -0.369 e. The van der Waals surface area contributed by atoms with Gasteiger partial charge >= 0.3 is 0 Å². The van der Waals surface area contributed by atoms with Crippen LogP contribution in [-0.4, -0.2) is 17.2 Å². The molecule has 1 unspecified atom stereocenters. The molecule has 0 bridgehead atoms. The maximum absolute atomic E-state index is 11.1. The number of fused-ring (bicyclic) bond motifs is 1. The van der Waals surface area contributed by atoms with Gasteiger partial charge < -0.3 is 21.1 Å². The Bertz CT molecular complexity index is 1040. The van der Waals surface area contributed by atoms with E-state index in [1.807, 2.05) is 78.9 Å². The van der Waals surface area contributed by atoms with Crippen molar-refractivity contribution in [2.45, 2.75) is 19.7 Å². The molecule has 1 heterocycles. The molecule has 5 nitrogen and oxygen atoms in total. The Morgan fingerprint density at radius 1 is 0.966 bits per heavy atom. The first kappa shape index (κ1) is 18.8. The van der Waals surface area contributed by atoms with Crippen molar-refractivity contribution < 1.29 is 9.90 Å². The number of anilines is 2. The summed E-state index contributed by atoms with van der Waals surface area (Å²) in [7, 11) is 0. The van der Waals surface area contributed by atoms with Crippen LogP contribution in [0.15, 0.2) is 78.9 Å². The Morgan fingerprint density at radius 2 is 1.66 bits per heavy atom. The van der Waals surface area contributed by atoms with Crippen molar-refractivity contribution in [2.24, 2.45) is 0 Å². The SMILES string of the molecule is CC(=O)NCc1ccc(N/C(=C2/c3ccccc3NC2O)c2ccccc2)cc1. The Kier molecular flexibility index (Phi) is 5.31. The van der Waals surface area contributed by atoms with Gasteiger partial charge in [0.05, 0.1) is 5.70 Å². The molecule has 0 saturated heterocycles. The van der Waals surface area contributed by atoms with Crippen LogP contribution in [0.4, 0.5) is 11.4 Å². The van der Waals surface area contributed by atoms with Gasteiger partial charge in [-0.3, -0.25) is 4.79 Å². The third-order valence-electron chi connectivity index (χ3n) is 4.88. The first-order valence-electron chi connectivity index (χ1n) is 9.56. The second-order valence-corrected chi connectivity index (χ2v) is 6.98. The summed E-state index contributed by atoms with van der Waals surface area (Å²) in [5.41, 5.74) is 6.47. The van der Waals surface area contributed by atoms with Crippen molar-refractivity contribution in [1.82, 2.24) is 5.32 Å². The predicted molar refractivity (Wildman–Crippen MR) is 117 cm³/mol. The molecule has 5 heteroatoms. The third kappa shape index (κ3) is 4.15. The van der Waals surface area contributed by atoms with Gasteiger partial charge in [0, 0.05) is 36.0 Å². The summed E-state index contributed by atoms with van der Waals surface area (Å²) in [6.07, 6.45) is -0.797. The van der Waals surface area contributed by atoms with E-state index in [2.05, 4.69) is 16.0 Å². The number of rotatable bonds is 5. The summed E-state index contributed by atoms with van der Waals surface area (Å²) in [5, 5.41) is 20.2. The van der Waals surface area contributed by atoms with E-state index in [9.17, 15) is 9.90 Å². The van der Waals surface area contributed by atoms with Crippen molar-refractivity contribution in [2.75, 3.05) is 10.6 Å². The van der Waals surface area contributed by atoms with Crippen LogP contribution in [0.5, 0.6) is 0 Å². The van der Waals surface area contributed by atoms with Gasteiger partial charge in [-0.05, 0) is 29.3 Å². The fourth-order valence-corrected chi connectivity index (χ4v) is 3.46. The van der Waals surface area contributed by atoms with Crippen LogP contribution in [0.2, 0.25) is 0 Å². The summed E-state index contributed by atoms with van der Waals surface area (Å²) in [4.78, 5) is 11.1. The molecule has 0 aromatic heterocycles. The smallest absolute Gasteiger partial charge is 0.217 e. The Balaban J connectivity index is 1.71. The fraction of sp³-hybridized carbons (Fsp3) is 0.125. The second kappa shape index (κ2) is 8.20. The van der Waals surface area contributed by atoms with Crippen molar-refractivity contribution in [1.29, 1.82) is 0 Å². The Labute approximate surface area is 170 Å². The van der Waals surface area contributed by atoms with Crippen LogP contribution in [0.25, 0.3) is 11.3 Å². The summed E-state index contributed by atoms with van der Waals surface area (Å²) >= 11 is 0. The number of nitrogens with one attached hydrogen (secondary N) is 3. The largest absolute Gasteiger partial charge is 0.369 e. The molecule has 0 aliphatic carbocycles. The lowest BCUT2D eigenvalue weighted by Crippen LogP contribution is -2.18. The number of carbonyl (C=O) groups excluding carboxylic acids is 1. The van der Waals surface area contributed by atoms with Crippen LogP contribution in [0.1, 0.15) is 23.6 Å². The van der Waals surface area contributed by atoms with Crippen LogP contribution in [0.3, 0.4) is 0 Å². The molecule has 4 rings (SSSR count). The fourth-order valence-electron chi connectivity index (χ4n) is 3.46. The normalized spacial score (nSPS) is 16.6. The number of hydrogen-bond donors (Lipinski definition) is 4. The van der Waals surface area contributed by atoms with Gasteiger partial charge in [-0.25, -0.2) is 0 Å². The van der Waals surface area contributed by atoms with E-state index >= 15 is 0 Å². The van der Waals surface area contributed by atoms with Gasteiger partial charge in [-0.1, -0.05) is 60.7 Å². The van der Waals surface area contributed by atoms with Crippen molar-refractivity contribution in [3.05, 3.63) is 95.6 Å². The highest BCUT2D eigenvalue weighted by Crippen LogP contribution is 2.39. The van der Waals surface area contributed by atoms with Gasteiger partial charge in [-0.15, -0.1) is 0 Å². The molecule has 0 radical (unpaired) electrons. The maximum Gasteiger partial charge on any atom is 0.217 e. The highest BCUT2D eigenvalue weighted by molar-refractivity contribution is 6.03. The molecule has 3 aromatic rings. The molecule has 1 atom stereocenters. The topological polar surface area (TPSA) is 73.4 Å². The molecular weight excluding hydrogens is 362 g/mol. The van der Waals surface area contributed by atoms with E-state index in [0.717, 1.165) is 39.3 Å². The third-order valence-corrected chi connectivity index (χ3v) is 4.88. The molecule has 1 aliphatic rings. The number of hydrogen-bond acceptors (Lipinski definition) is 4. The van der Waals surface area contributed by atoms with E-state index in [-0.39, 0.29) is 5.91 Å². The van der Waals surface area contributed by atoms with E-state index in [1.54, 1.807) is 0 Å². The van der Waals surface area contributed by atoms with Crippen LogP contribution >= 0.6 is 0 Å². The Morgan fingerprint density at radius 3 is 2.38 bits per heavy atom. The minimum atomic E-state index is -0.797. The average molecular weight is 385 g/mol. The standard InChI is InChI=1S/C24H23N3O2/c1-16(28)25-15-17-11-13-19(14-12-17)26-23(18-7-3-2-4-8-18)22-20-9-5-6-10-21(20)27-24(22)29/h2-14,24,26-27,29H,15H2,1H3,(H,25,28)/b23-22-. The monoisotopic (exact) mass is 385 g/mol. The Hall–Kier alpha value is -3.57. The summed E-state index contributed by atoms with van der Waals surface area (Å²) in [6.45, 7) is 2.01. The summed E-state index contributed by atoms with van der Waals surface area (Å²) < 4.78 is 0. The lowest BCUT2D eigenvalue weighted by Gasteiger charge is -2.18. The predicted octanol–water partition coefficient (Wildman–Crippen LogP) is 4.05. The number of carbonyl (C=O) groups is 1. The van der Waals surface area contributed by atoms with Crippen LogP contribution in [-0.2, 0) is 11.3 Å². The minimum absolute atomic E-state index is 0.0512. The number of aliphatic hydroxyl groups excluding tert-OH is 1. The molecule has 4 N–H and O–H groups in total. The summed E-state index contributed by atoms with van der Waals surface area (Å²) in [5.74, 6) is -0.0512. The zero-order chi connectivity index (χ0) is 20.2. The van der Waals surface area contributed by atoms with Crippen molar-refractivity contribution in [3.63, 3.8) is 0 Å². The van der Waals surface area contributed by atoms with Gasteiger partial charge in [0.2, 0.25) is 5.91 Å². The molecule has 0 spiro atoms. The number of benzene rings is 3. The molecule has 1 amide bonds. The van der Waals surface area contributed by atoms with Gasteiger partial charge in [-0.2, -0.15) is 0 Å². The van der Waals surface area contributed by atoms with Gasteiger partial charge in [0.1, 0.15) is 0 Å². The molecule has 0 fully saturated rings. The summed E-state index contributed by atoms with van der Waals surface area (Å²) in [6, 6.07) is 25.8. The molecule has 29 heavy (non-hydrogen) atoms. The first-order valence-corrected chi connectivity index (χ1v) is 9.56. The van der Waals surface area contributed by atoms with Gasteiger partial charge in [0.25, 0.3) is 0 Å². The maximum atomic E-state index is 11.1. The highest BCUT2D eigenvalue weighted by Gasteiger charge is 2.28. The lowest BCUT2D eigenvalue weighted by molar-refractivity contribution is -0.119. The van der Waals surface area contributed by atoms with E-state index in [0.29, 0.717) is 6.54 Å². The second-order valence-electron chi connectivity index (χ2n) is 6.98. The van der Waals surface area contributed by atoms with Crippen LogP contribution < -0.4 is 16.0 Å². The zero-order valence-corrected chi connectivity index (χ0v) is 16.1. The van der Waals surface area contributed by atoms with Gasteiger partial charge in [0.15, 0.2) is 6.23 Å². The molecule has 146 valence electrons. The highest BCUT2D eigenvalue weighted by atomic mass is 16.3. The zero-order valence-electron chi connectivity index (χ0n) is 16.1.